The molecular formula is C15H20N2O2. The Balaban J connectivity index is 2.15. The highest BCUT2D eigenvalue weighted by atomic mass is 16.5. The number of aromatic nitrogens is 1. The Morgan fingerprint density at radius 3 is 2.53 bits per heavy atom. The highest BCUT2D eigenvalue weighted by molar-refractivity contribution is 5.59. The number of rotatable bonds is 5. The number of nitrogens with zero attached hydrogens (tertiary/aromatic N) is 1. The SMILES string of the molecule is CCC(N)c1cc(-c2ccc(OC(C)C)cc2)no1. The van der Waals surface area contributed by atoms with Gasteiger partial charge in [0.2, 0.25) is 0 Å². The van der Waals surface area contributed by atoms with Gasteiger partial charge in [0.1, 0.15) is 11.4 Å². The van der Waals surface area contributed by atoms with Gasteiger partial charge in [-0.1, -0.05) is 12.1 Å². The van der Waals surface area contributed by atoms with Crippen LogP contribution in [0.2, 0.25) is 0 Å². The predicted octanol–water partition coefficient (Wildman–Crippen LogP) is 3.54. The first-order valence-electron chi connectivity index (χ1n) is 6.59. The summed E-state index contributed by atoms with van der Waals surface area (Å²) in [6, 6.07) is 9.61. The fourth-order valence-electron chi connectivity index (χ4n) is 1.78. The van der Waals surface area contributed by atoms with Gasteiger partial charge in [-0.15, -0.1) is 0 Å². The Bertz CT molecular complexity index is 517. The van der Waals surface area contributed by atoms with Crippen molar-refractivity contribution in [1.82, 2.24) is 5.16 Å². The average molecular weight is 260 g/mol. The van der Waals surface area contributed by atoms with E-state index in [1.165, 1.54) is 0 Å². The van der Waals surface area contributed by atoms with Crippen molar-refractivity contribution in [3.05, 3.63) is 36.1 Å². The van der Waals surface area contributed by atoms with Crippen LogP contribution in [0.3, 0.4) is 0 Å². The quantitative estimate of drug-likeness (QED) is 0.893. The maximum Gasteiger partial charge on any atom is 0.154 e. The molecule has 1 atom stereocenters. The second-order valence-corrected chi connectivity index (χ2v) is 4.82. The van der Waals surface area contributed by atoms with Gasteiger partial charge in [0.05, 0.1) is 12.1 Å². The van der Waals surface area contributed by atoms with Gasteiger partial charge in [0.25, 0.3) is 0 Å². The lowest BCUT2D eigenvalue weighted by Crippen LogP contribution is -2.06. The summed E-state index contributed by atoms with van der Waals surface area (Å²) < 4.78 is 10.9. The van der Waals surface area contributed by atoms with Crippen molar-refractivity contribution in [2.75, 3.05) is 0 Å². The number of ether oxygens (including phenoxy) is 1. The van der Waals surface area contributed by atoms with Crippen LogP contribution in [0.5, 0.6) is 5.75 Å². The molecule has 19 heavy (non-hydrogen) atoms. The molecule has 2 N–H and O–H groups in total. The highest BCUT2D eigenvalue weighted by Crippen LogP contribution is 2.25. The lowest BCUT2D eigenvalue weighted by Gasteiger charge is -2.09. The average Bonchev–Trinajstić information content (AvgIpc) is 2.87. The number of nitrogens with two attached hydrogens (primary N) is 1. The first-order chi connectivity index (χ1) is 9.10. The van der Waals surface area contributed by atoms with Gasteiger partial charge in [-0.3, -0.25) is 0 Å². The summed E-state index contributed by atoms with van der Waals surface area (Å²) in [6.45, 7) is 6.03. The normalized spacial score (nSPS) is 12.7. The molecule has 0 bridgehead atoms. The van der Waals surface area contributed by atoms with Gasteiger partial charge in [-0.05, 0) is 44.5 Å². The Morgan fingerprint density at radius 1 is 1.26 bits per heavy atom. The van der Waals surface area contributed by atoms with E-state index in [0.29, 0.717) is 0 Å². The lowest BCUT2D eigenvalue weighted by atomic mass is 10.1. The van der Waals surface area contributed by atoms with Crippen molar-refractivity contribution in [1.29, 1.82) is 0 Å². The molecule has 0 radical (unpaired) electrons. The van der Waals surface area contributed by atoms with Crippen molar-refractivity contribution >= 4 is 0 Å². The van der Waals surface area contributed by atoms with E-state index in [0.717, 1.165) is 29.2 Å². The molecular weight excluding hydrogens is 240 g/mol. The van der Waals surface area contributed by atoms with Crippen LogP contribution in [0.1, 0.15) is 39.0 Å². The summed E-state index contributed by atoms with van der Waals surface area (Å²) in [4.78, 5) is 0. The van der Waals surface area contributed by atoms with Gasteiger partial charge < -0.3 is 15.0 Å². The molecule has 0 aliphatic heterocycles. The summed E-state index contributed by atoms with van der Waals surface area (Å²) >= 11 is 0. The zero-order valence-corrected chi connectivity index (χ0v) is 11.6. The molecule has 102 valence electrons. The molecule has 0 spiro atoms. The molecule has 2 rings (SSSR count). The third-order valence-corrected chi connectivity index (χ3v) is 2.86. The molecule has 1 aromatic carbocycles. The Hall–Kier alpha value is -1.81. The number of hydrogen-bond acceptors (Lipinski definition) is 4. The Labute approximate surface area is 113 Å². The summed E-state index contributed by atoms with van der Waals surface area (Å²) in [5.74, 6) is 1.58. The summed E-state index contributed by atoms with van der Waals surface area (Å²) in [7, 11) is 0. The number of hydrogen-bond donors (Lipinski definition) is 1. The smallest absolute Gasteiger partial charge is 0.154 e. The van der Waals surface area contributed by atoms with E-state index in [4.69, 9.17) is 15.0 Å². The zero-order chi connectivity index (χ0) is 13.8. The van der Waals surface area contributed by atoms with Gasteiger partial charge in [0, 0.05) is 11.6 Å². The molecule has 0 aliphatic carbocycles. The van der Waals surface area contributed by atoms with Crippen LogP contribution < -0.4 is 10.5 Å². The van der Waals surface area contributed by atoms with Gasteiger partial charge in [-0.2, -0.15) is 0 Å². The second kappa shape index (κ2) is 5.89. The first-order valence-corrected chi connectivity index (χ1v) is 6.59. The number of benzene rings is 1. The predicted molar refractivity (Wildman–Crippen MR) is 74.9 cm³/mol. The molecule has 0 saturated carbocycles. The van der Waals surface area contributed by atoms with Crippen molar-refractivity contribution in [2.24, 2.45) is 5.73 Å². The largest absolute Gasteiger partial charge is 0.491 e. The fourth-order valence-corrected chi connectivity index (χ4v) is 1.78. The molecule has 0 aliphatic rings. The van der Waals surface area contributed by atoms with Crippen molar-refractivity contribution in [2.45, 2.75) is 39.3 Å². The topological polar surface area (TPSA) is 61.3 Å². The van der Waals surface area contributed by atoms with Crippen molar-refractivity contribution in [3.8, 4) is 17.0 Å². The van der Waals surface area contributed by atoms with Gasteiger partial charge in [-0.25, -0.2) is 0 Å². The maximum atomic E-state index is 5.91. The van der Waals surface area contributed by atoms with E-state index in [1.54, 1.807) is 0 Å². The van der Waals surface area contributed by atoms with Crippen molar-refractivity contribution in [3.63, 3.8) is 0 Å². The molecule has 0 saturated heterocycles. The molecule has 1 heterocycles. The Morgan fingerprint density at radius 2 is 1.95 bits per heavy atom. The summed E-state index contributed by atoms with van der Waals surface area (Å²) in [5, 5.41) is 4.05. The van der Waals surface area contributed by atoms with Gasteiger partial charge in [0.15, 0.2) is 5.76 Å². The second-order valence-electron chi connectivity index (χ2n) is 4.82. The van der Waals surface area contributed by atoms with E-state index < -0.39 is 0 Å². The molecule has 4 nitrogen and oxygen atoms in total. The highest BCUT2D eigenvalue weighted by Gasteiger charge is 2.12. The van der Waals surface area contributed by atoms with E-state index in [-0.39, 0.29) is 12.1 Å². The summed E-state index contributed by atoms with van der Waals surface area (Å²) in [5.41, 5.74) is 7.71. The van der Waals surface area contributed by atoms with Crippen LogP contribution >= 0.6 is 0 Å². The van der Waals surface area contributed by atoms with Crippen LogP contribution in [0.4, 0.5) is 0 Å². The molecule has 1 aromatic heterocycles. The van der Waals surface area contributed by atoms with Crippen LogP contribution in [-0.4, -0.2) is 11.3 Å². The summed E-state index contributed by atoms with van der Waals surface area (Å²) in [6.07, 6.45) is 1.00. The van der Waals surface area contributed by atoms with E-state index in [1.807, 2.05) is 51.1 Å². The minimum atomic E-state index is -0.0928. The van der Waals surface area contributed by atoms with Crippen LogP contribution in [0, 0.1) is 0 Å². The first kappa shape index (κ1) is 13.6. The lowest BCUT2D eigenvalue weighted by molar-refractivity contribution is 0.242. The monoisotopic (exact) mass is 260 g/mol. The maximum absolute atomic E-state index is 5.91. The third kappa shape index (κ3) is 3.35. The molecule has 0 fully saturated rings. The van der Waals surface area contributed by atoms with E-state index >= 15 is 0 Å². The minimum Gasteiger partial charge on any atom is -0.491 e. The zero-order valence-electron chi connectivity index (χ0n) is 11.6. The van der Waals surface area contributed by atoms with Gasteiger partial charge >= 0.3 is 0 Å². The van der Waals surface area contributed by atoms with Crippen LogP contribution in [-0.2, 0) is 0 Å². The standard InChI is InChI=1S/C15H20N2O2/c1-4-13(16)15-9-14(17-19-15)11-5-7-12(8-6-11)18-10(2)3/h5-10,13H,4,16H2,1-3H3. The minimum absolute atomic E-state index is 0.0928. The third-order valence-electron chi connectivity index (χ3n) is 2.86. The van der Waals surface area contributed by atoms with E-state index in [2.05, 4.69) is 5.16 Å². The molecule has 0 amide bonds. The Kier molecular flexibility index (Phi) is 4.22. The van der Waals surface area contributed by atoms with E-state index in [9.17, 15) is 0 Å². The van der Waals surface area contributed by atoms with Crippen LogP contribution in [0.25, 0.3) is 11.3 Å². The molecule has 4 heteroatoms. The molecule has 1 unspecified atom stereocenters. The van der Waals surface area contributed by atoms with Crippen LogP contribution in [0.15, 0.2) is 34.9 Å². The molecule has 2 aromatic rings. The fraction of sp³-hybridized carbons (Fsp3) is 0.400. The van der Waals surface area contributed by atoms with Crippen molar-refractivity contribution < 1.29 is 9.26 Å².